The minimum absolute atomic E-state index is 0.0197. The molecule has 174 valence electrons. The largest absolute Gasteiger partial charge is 0.493 e. The normalized spacial score (nSPS) is 23.9. The molecule has 5 rings (SSSR count). The van der Waals surface area contributed by atoms with Crippen molar-refractivity contribution < 1.29 is 18.9 Å². The fourth-order valence-electron chi connectivity index (χ4n) is 4.96. The highest BCUT2D eigenvalue weighted by Gasteiger charge is 2.39. The number of nitrogens with zero attached hydrogens (tertiary/aromatic N) is 4. The van der Waals surface area contributed by atoms with Crippen LogP contribution in [0, 0.1) is 18.8 Å². The van der Waals surface area contributed by atoms with Gasteiger partial charge in [0.1, 0.15) is 12.5 Å². The van der Waals surface area contributed by atoms with Crippen molar-refractivity contribution in [3.8, 4) is 5.75 Å². The SMILES string of the molecule is COCOC1CC(C(Nc2cc3c(cc2C)OCC3)c2nnnn2CC2CCOCC2)C1. The molecule has 1 atom stereocenters. The number of hydrogen-bond acceptors (Lipinski definition) is 8. The van der Waals surface area contributed by atoms with Crippen molar-refractivity contribution in [1.29, 1.82) is 0 Å². The van der Waals surface area contributed by atoms with E-state index in [1.807, 2.05) is 4.68 Å². The maximum Gasteiger partial charge on any atom is 0.173 e. The van der Waals surface area contributed by atoms with E-state index in [0.29, 0.717) is 18.6 Å². The Kier molecular flexibility index (Phi) is 6.56. The molecule has 0 radical (unpaired) electrons. The second-order valence-electron chi connectivity index (χ2n) is 9.20. The number of aromatic nitrogens is 4. The number of aryl methyl sites for hydroxylation is 1. The van der Waals surface area contributed by atoms with Crippen LogP contribution in [0.15, 0.2) is 12.1 Å². The molecule has 1 aromatic heterocycles. The molecule has 2 aromatic rings. The summed E-state index contributed by atoms with van der Waals surface area (Å²) in [6, 6.07) is 4.39. The Morgan fingerprint density at radius 3 is 2.88 bits per heavy atom. The summed E-state index contributed by atoms with van der Waals surface area (Å²) in [6.07, 6.45) is 5.19. The van der Waals surface area contributed by atoms with Gasteiger partial charge in [-0.05, 0) is 78.1 Å². The highest BCUT2D eigenvalue weighted by Crippen LogP contribution is 2.42. The van der Waals surface area contributed by atoms with Gasteiger partial charge in [-0.3, -0.25) is 0 Å². The third-order valence-corrected chi connectivity index (χ3v) is 6.98. The standard InChI is InChI=1S/C23H33N5O4/c1-15-9-21-17(5-8-31-21)12-20(15)24-22(18-10-19(11-18)32-14-29-2)23-25-26-27-28(23)13-16-3-6-30-7-4-16/h9,12,16,18-19,22,24H,3-8,10-11,13-14H2,1-2H3. The van der Waals surface area contributed by atoms with Gasteiger partial charge in [0.15, 0.2) is 5.82 Å². The number of tetrazole rings is 1. The molecule has 1 aliphatic carbocycles. The lowest BCUT2D eigenvalue weighted by atomic mass is 9.76. The van der Waals surface area contributed by atoms with Crippen molar-refractivity contribution in [2.24, 2.45) is 11.8 Å². The van der Waals surface area contributed by atoms with Crippen LogP contribution in [0.5, 0.6) is 5.75 Å². The maximum absolute atomic E-state index is 5.77. The van der Waals surface area contributed by atoms with E-state index in [-0.39, 0.29) is 12.1 Å². The summed E-state index contributed by atoms with van der Waals surface area (Å²) in [5.74, 6) is 2.85. The monoisotopic (exact) mass is 443 g/mol. The fraction of sp³-hybridized carbons (Fsp3) is 0.696. The minimum Gasteiger partial charge on any atom is -0.493 e. The molecule has 3 aliphatic rings. The number of benzene rings is 1. The number of anilines is 1. The van der Waals surface area contributed by atoms with Crippen LogP contribution in [0.3, 0.4) is 0 Å². The lowest BCUT2D eigenvalue weighted by Gasteiger charge is -2.40. The van der Waals surface area contributed by atoms with E-state index < -0.39 is 0 Å². The first-order chi connectivity index (χ1) is 15.7. The summed E-state index contributed by atoms with van der Waals surface area (Å²) in [5, 5.41) is 16.7. The molecule has 32 heavy (non-hydrogen) atoms. The molecule has 1 N–H and O–H groups in total. The molecule has 1 saturated carbocycles. The lowest BCUT2D eigenvalue weighted by Crippen LogP contribution is -2.39. The van der Waals surface area contributed by atoms with E-state index in [0.717, 1.165) is 75.7 Å². The summed E-state index contributed by atoms with van der Waals surface area (Å²) in [5.41, 5.74) is 3.56. The van der Waals surface area contributed by atoms with Gasteiger partial charge in [-0.1, -0.05) is 0 Å². The molecular formula is C23H33N5O4. The lowest BCUT2D eigenvalue weighted by molar-refractivity contribution is -0.116. The molecule has 2 aliphatic heterocycles. The van der Waals surface area contributed by atoms with E-state index >= 15 is 0 Å². The van der Waals surface area contributed by atoms with Crippen LogP contribution in [0.2, 0.25) is 0 Å². The Bertz CT molecular complexity index is 908. The molecule has 3 heterocycles. The predicted molar refractivity (Wildman–Crippen MR) is 118 cm³/mol. The summed E-state index contributed by atoms with van der Waals surface area (Å²) >= 11 is 0. The van der Waals surface area contributed by atoms with Gasteiger partial charge in [-0.15, -0.1) is 5.10 Å². The van der Waals surface area contributed by atoms with Crippen molar-refractivity contribution in [1.82, 2.24) is 20.2 Å². The maximum atomic E-state index is 5.77. The quantitative estimate of drug-likeness (QED) is 0.592. The highest BCUT2D eigenvalue weighted by molar-refractivity contribution is 5.59. The number of hydrogen-bond donors (Lipinski definition) is 1. The molecule has 9 heteroatoms. The van der Waals surface area contributed by atoms with Gasteiger partial charge in [0, 0.05) is 39.0 Å². The number of fused-ring (bicyclic) bond motifs is 1. The summed E-state index contributed by atoms with van der Waals surface area (Å²) in [4.78, 5) is 0. The van der Waals surface area contributed by atoms with Crippen LogP contribution in [0.1, 0.15) is 48.7 Å². The zero-order valence-corrected chi connectivity index (χ0v) is 19.0. The summed E-state index contributed by atoms with van der Waals surface area (Å²) in [6.45, 7) is 5.69. The minimum atomic E-state index is 0.0197. The van der Waals surface area contributed by atoms with Gasteiger partial charge in [0.05, 0.1) is 18.8 Å². The van der Waals surface area contributed by atoms with Crippen LogP contribution < -0.4 is 10.1 Å². The Hall–Kier alpha value is -2.23. The third kappa shape index (κ3) is 4.60. The average molecular weight is 444 g/mol. The van der Waals surface area contributed by atoms with Gasteiger partial charge in [-0.2, -0.15) is 0 Å². The molecule has 0 amide bonds. The molecule has 1 unspecified atom stereocenters. The molecular weight excluding hydrogens is 410 g/mol. The van der Waals surface area contributed by atoms with E-state index in [4.69, 9.17) is 18.9 Å². The fourth-order valence-corrected chi connectivity index (χ4v) is 4.96. The number of rotatable bonds is 9. The zero-order chi connectivity index (χ0) is 21.9. The van der Waals surface area contributed by atoms with Crippen molar-refractivity contribution in [3.63, 3.8) is 0 Å². The van der Waals surface area contributed by atoms with E-state index in [2.05, 4.69) is 39.9 Å². The average Bonchev–Trinajstić information content (AvgIpc) is 3.41. The molecule has 1 aromatic carbocycles. The van der Waals surface area contributed by atoms with E-state index in [9.17, 15) is 0 Å². The van der Waals surface area contributed by atoms with Crippen LogP contribution in [0.25, 0.3) is 0 Å². The van der Waals surface area contributed by atoms with Crippen molar-refractivity contribution >= 4 is 5.69 Å². The van der Waals surface area contributed by atoms with Crippen LogP contribution in [-0.4, -0.2) is 60.0 Å². The molecule has 1 saturated heterocycles. The Balaban J connectivity index is 1.37. The molecule has 2 fully saturated rings. The van der Waals surface area contributed by atoms with E-state index in [1.54, 1.807) is 7.11 Å². The Morgan fingerprint density at radius 1 is 1.22 bits per heavy atom. The van der Waals surface area contributed by atoms with Gasteiger partial charge in [0.25, 0.3) is 0 Å². The number of nitrogens with one attached hydrogen (secondary N) is 1. The first-order valence-corrected chi connectivity index (χ1v) is 11.7. The van der Waals surface area contributed by atoms with Gasteiger partial charge < -0.3 is 24.3 Å². The second kappa shape index (κ2) is 9.72. The Morgan fingerprint density at radius 2 is 2.06 bits per heavy atom. The predicted octanol–water partition coefficient (Wildman–Crippen LogP) is 2.90. The Labute approximate surface area is 188 Å². The van der Waals surface area contributed by atoms with Crippen molar-refractivity contribution in [3.05, 3.63) is 29.1 Å². The van der Waals surface area contributed by atoms with Gasteiger partial charge >= 0.3 is 0 Å². The summed E-state index contributed by atoms with van der Waals surface area (Å²) < 4.78 is 24.1. The smallest absolute Gasteiger partial charge is 0.173 e. The van der Waals surface area contributed by atoms with Gasteiger partial charge in [-0.25, -0.2) is 4.68 Å². The van der Waals surface area contributed by atoms with Crippen LogP contribution in [-0.2, 0) is 27.2 Å². The molecule has 9 nitrogen and oxygen atoms in total. The van der Waals surface area contributed by atoms with Crippen molar-refractivity contribution in [2.75, 3.05) is 39.0 Å². The molecule has 0 spiro atoms. The van der Waals surface area contributed by atoms with Crippen molar-refractivity contribution in [2.45, 2.75) is 57.7 Å². The molecule has 0 bridgehead atoms. The number of methoxy groups -OCH3 is 1. The highest BCUT2D eigenvalue weighted by atomic mass is 16.7. The first-order valence-electron chi connectivity index (χ1n) is 11.7. The topological polar surface area (TPSA) is 92.5 Å². The third-order valence-electron chi connectivity index (χ3n) is 6.98. The summed E-state index contributed by atoms with van der Waals surface area (Å²) in [7, 11) is 1.66. The first kappa shape index (κ1) is 21.6. The van der Waals surface area contributed by atoms with E-state index in [1.165, 1.54) is 11.1 Å². The second-order valence-corrected chi connectivity index (χ2v) is 9.20. The number of ether oxygens (including phenoxy) is 4. The van der Waals surface area contributed by atoms with Crippen LogP contribution >= 0.6 is 0 Å². The zero-order valence-electron chi connectivity index (χ0n) is 19.0. The van der Waals surface area contributed by atoms with Crippen LogP contribution in [0.4, 0.5) is 5.69 Å². The van der Waals surface area contributed by atoms with Gasteiger partial charge in [0.2, 0.25) is 0 Å².